The highest BCUT2D eigenvalue weighted by atomic mass is 16.5. The second-order valence-corrected chi connectivity index (χ2v) is 9.12. The molecule has 190 valence electrons. The Hall–Kier alpha value is -4.33. The van der Waals surface area contributed by atoms with Crippen LogP contribution in [0.25, 0.3) is 10.9 Å². The van der Waals surface area contributed by atoms with E-state index in [4.69, 9.17) is 14.2 Å². The molecule has 1 aromatic heterocycles. The molecule has 0 N–H and O–H groups in total. The van der Waals surface area contributed by atoms with Crippen molar-refractivity contribution in [3.63, 3.8) is 0 Å². The molecule has 3 atom stereocenters. The van der Waals surface area contributed by atoms with Gasteiger partial charge in [-0.05, 0) is 29.2 Å². The minimum atomic E-state index is -0.667. The summed E-state index contributed by atoms with van der Waals surface area (Å²) >= 11 is 0. The van der Waals surface area contributed by atoms with Gasteiger partial charge in [-0.25, -0.2) is 14.2 Å². The Kier molecular flexibility index (Phi) is 6.56. The summed E-state index contributed by atoms with van der Waals surface area (Å²) < 4.78 is 16.9. The van der Waals surface area contributed by atoms with Crippen molar-refractivity contribution >= 4 is 28.9 Å². The van der Waals surface area contributed by atoms with Crippen molar-refractivity contribution in [3.05, 3.63) is 95.3 Å². The smallest absolute Gasteiger partial charge is 0.418 e. The van der Waals surface area contributed by atoms with Crippen LogP contribution in [0.15, 0.2) is 78.5 Å². The second-order valence-electron chi connectivity index (χ2n) is 9.12. The van der Waals surface area contributed by atoms with E-state index in [1.165, 1.54) is 27.4 Å². The Morgan fingerprint density at radius 3 is 2.38 bits per heavy atom. The van der Waals surface area contributed by atoms with Crippen molar-refractivity contribution in [1.82, 2.24) is 9.47 Å². The zero-order valence-corrected chi connectivity index (χ0v) is 20.9. The third-order valence-corrected chi connectivity index (χ3v) is 7.23. The molecule has 3 aromatic rings. The minimum Gasteiger partial charge on any atom is -0.469 e. The van der Waals surface area contributed by atoms with Gasteiger partial charge in [-0.2, -0.15) is 0 Å². The summed E-state index contributed by atoms with van der Waals surface area (Å²) in [5, 5.41) is 0.797. The van der Waals surface area contributed by atoms with Crippen molar-refractivity contribution in [2.45, 2.75) is 24.9 Å². The van der Waals surface area contributed by atoms with E-state index in [-0.39, 0.29) is 12.0 Å². The number of fused-ring (bicyclic) bond motifs is 6. The van der Waals surface area contributed by atoms with Gasteiger partial charge in [-0.3, -0.25) is 4.79 Å². The van der Waals surface area contributed by atoms with E-state index in [2.05, 4.69) is 4.90 Å². The van der Waals surface area contributed by atoms with Crippen molar-refractivity contribution < 1.29 is 28.6 Å². The van der Waals surface area contributed by atoms with E-state index in [0.717, 1.165) is 27.8 Å². The normalized spacial score (nSPS) is 20.4. The number of methoxy groups -OCH3 is 3. The predicted octanol–water partition coefficient (Wildman–Crippen LogP) is 4.70. The van der Waals surface area contributed by atoms with Crippen LogP contribution in [-0.2, 0) is 30.3 Å². The summed E-state index contributed by atoms with van der Waals surface area (Å²) in [5.41, 5.74) is 4.05. The van der Waals surface area contributed by atoms with E-state index >= 15 is 0 Å². The van der Waals surface area contributed by atoms with Crippen LogP contribution in [0, 0.1) is 5.92 Å². The molecule has 0 fully saturated rings. The van der Waals surface area contributed by atoms with Crippen LogP contribution in [0.2, 0.25) is 0 Å². The number of carbonyl (C=O) groups is 3. The molecule has 0 unspecified atom stereocenters. The van der Waals surface area contributed by atoms with Crippen LogP contribution in [0.3, 0.4) is 0 Å². The number of rotatable bonds is 5. The van der Waals surface area contributed by atoms with Gasteiger partial charge in [0.05, 0.1) is 44.5 Å². The first-order valence-corrected chi connectivity index (χ1v) is 12.0. The molecular weight excluding hydrogens is 472 g/mol. The Morgan fingerprint density at radius 2 is 1.68 bits per heavy atom. The van der Waals surface area contributed by atoms with Crippen LogP contribution >= 0.6 is 0 Å². The minimum absolute atomic E-state index is 0.220. The first kappa shape index (κ1) is 24.4. The van der Waals surface area contributed by atoms with Gasteiger partial charge < -0.3 is 19.1 Å². The monoisotopic (exact) mass is 500 g/mol. The van der Waals surface area contributed by atoms with Crippen LogP contribution in [0.4, 0.5) is 4.79 Å². The SMILES string of the molecule is COC(=O)/C=C/C1=CN(Cc2ccccc2)[C@@H]2C[C@H]1[C@@H](C(=O)OC)c1c2n(C(=O)OC)c2ccccc12. The number of hydrogen-bond donors (Lipinski definition) is 0. The number of nitrogens with zero attached hydrogens (tertiary/aromatic N) is 2. The summed E-state index contributed by atoms with van der Waals surface area (Å²) in [6.45, 7) is 0.568. The lowest BCUT2D eigenvalue weighted by Gasteiger charge is -2.45. The molecule has 2 aromatic carbocycles. The van der Waals surface area contributed by atoms with Crippen LogP contribution in [-0.4, -0.2) is 48.8 Å². The summed E-state index contributed by atoms with van der Waals surface area (Å²) in [6, 6.07) is 17.3. The summed E-state index contributed by atoms with van der Waals surface area (Å²) in [7, 11) is 4.04. The lowest BCUT2D eigenvalue weighted by Crippen LogP contribution is -2.41. The summed E-state index contributed by atoms with van der Waals surface area (Å²) in [4.78, 5) is 40.6. The van der Waals surface area contributed by atoms with E-state index in [1.807, 2.05) is 60.8 Å². The predicted molar refractivity (Wildman–Crippen MR) is 137 cm³/mol. The number of carbonyl (C=O) groups excluding carboxylic acids is 3. The highest BCUT2D eigenvalue weighted by Gasteiger charge is 2.48. The molecule has 2 aliphatic rings. The van der Waals surface area contributed by atoms with Gasteiger partial charge in [0.1, 0.15) is 0 Å². The third kappa shape index (κ3) is 4.18. The maximum Gasteiger partial charge on any atom is 0.418 e. The Morgan fingerprint density at radius 1 is 0.946 bits per heavy atom. The fourth-order valence-corrected chi connectivity index (χ4v) is 5.67. The van der Waals surface area contributed by atoms with Gasteiger partial charge in [-0.1, -0.05) is 54.6 Å². The van der Waals surface area contributed by atoms with Crippen molar-refractivity contribution in [1.29, 1.82) is 0 Å². The van der Waals surface area contributed by atoms with Crippen molar-refractivity contribution in [3.8, 4) is 0 Å². The number of aromatic nitrogens is 1. The molecule has 1 aliphatic heterocycles. The van der Waals surface area contributed by atoms with E-state index in [1.54, 1.807) is 10.6 Å². The molecule has 2 bridgehead atoms. The Balaban J connectivity index is 1.77. The Labute approximate surface area is 214 Å². The molecule has 0 spiro atoms. The highest BCUT2D eigenvalue weighted by molar-refractivity contribution is 5.98. The number of esters is 2. The fraction of sp³-hybridized carbons (Fsp3) is 0.276. The van der Waals surface area contributed by atoms with Gasteiger partial charge in [-0.15, -0.1) is 0 Å². The molecular formula is C29H28N2O6. The molecule has 0 amide bonds. The van der Waals surface area contributed by atoms with E-state index in [9.17, 15) is 14.4 Å². The maximum absolute atomic E-state index is 13.3. The topological polar surface area (TPSA) is 87.1 Å². The van der Waals surface area contributed by atoms with Crippen LogP contribution in [0.1, 0.15) is 35.2 Å². The number of hydrogen-bond acceptors (Lipinski definition) is 7. The quantitative estimate of drug-likeness (QED) is 0.285. The molecule has 1 aliphatic carbocycles. The highest BCUT2D eigenvalue weighted by Crippen LogP contribution is 2.54. The third-order valence-electron chi connectivity index (χ3n) is 7.23. The summed E-state index contributed by atoms with van der Waals surface area (Å²) in [6.07, 6.45) is 5.09. The molecule has 0 saturated carbocycles. The molecule has 37 heavy (non-hydrogen) atoms. The van der Waals surface area contributed by atoms with Gasteiger partial charge in [0, 0.05) is 30.1 Å². The molecule has 0 radical (unpaired) electrons. The van der Waals surface area contributed by atoms with Gasteiger partial charge in [0.25, 0.3) is 0 Å². The summed E-state index contributed by atoms with van der Waals surface area (Å²) in [5.74, 6) is -1.81. The first-order valence-electron chi connectivity index (χ1n) is 12.0. The van der Waals surface area contributed by atoms with Crippen LogP contribution in [0.5, 0.6) is 0 Å². The van der Waals surface area contributed by atoms with Gasteiger partial charge in [0.15, 0.2) is 0 Å². The van der Waals surface area contributed by atoms with Gasteiger partial charge in [0.2, 0.25) is 0 Å². The second kappa shape index (κ2) is 9.97. The number of ether oxygens (including phenoxy) is 3. The van der Waals surface area contributed by atoms with Crippen molar-refractivity contribution in [2.75, 3.05) is 21.3 Å². The van der Waals surface area contributed by atoms with Crippen molar-refractivity contribution in [2.24, 2.45) is 5.92 Å². The average Bonchev–Trinajstić information content (AvgIpc) is 3.28. The maximum atomic E-state index is 13.3. The van der Waals surface area contributed by atoms with E-state index < -0.39 is 23.9 Å². The lowest BCUT2D eigenvalue weighted by molar-refractivity contribution is -0.144. The number of para-hydroxylation sites is 1. The van der Waals surface area contributed by atoms with Gasteiger partial charge >= 0.3 is 18.0 Å². The fourth-order valence-electron chi connectivity index (χ4n) is 5.67. The number of benzene rings is 2. The first-order chi connectivity index (χ1) is 18.0. The molecule has 5 rings (SSSR count). The molecule has 8 nitrogen and oxygen atoms in total. The lowest BCUT2D eigenvalue weighted by atomic mass is 9.69. The van der Waals surface area contributed by atoms with E-state index in [0.29, 0.717) is 18.5 Å². The Bertz CT molecular complexity index is 1420. The zero-order chi connectivity index (χ0) is 26.1. The standard InChI is InChI=1S/C29H28N2O6/c1-35-24(32)14-13-19-17-30(16-18-9-5-4-6-10-18)23-15-21(19)26(28(33)36-2)25-20-11-7-8-12-22(20)31(27(23)25)29(34)37-3/h4-14,17,21,23,26H,15-16H2,1-3H3/b14-13+/t21-,23-,26-/m1/s1. The number of allylic oxidation sites excluding steroid dienone is 2. The average molecular weight is 501 g/mol. The molecule has 0 saturated heterocycles. The molecule has 8 heteroatoms. The largest absolute Gasteiger partial charge is 0.469 e. The zero-order valence-electron chi connectivity index (χ0n) is 20.9. The van der Waals surface area contributed by atoms with Crippen LogP contribution < -0.4 is 0 Å². The molecule has 2 heterocycles.